The van der Waals surface area contributed by atoms with Crippen LogP contribution in [0.4, 0.5) is 5.69 Å². The molecule has 54 valence electrons. The van der Waals surface area contributed by atoms with Crippen molar-refractivity contribution in [3.05, 3.63) is 23.0 Å². The summed E-state index contributed by atoms with van der Waals surface area (Å²) >= 11 is 5.64. The topological polar surface area (TPSA) is 50.9 Å². The summed E-state index contributed by atoms with van der Waals surface area (Å²) in [5.74, 6) is 5.15. The van der Waals surface area contributed by atoms with Crippen LogP contribution in [0.15, 0.2) is 12.3 Å². The Kier molecular flexibility index (Phi) is 2.09. The number of halogens is 1. The number of anilines is 1. The van der Waals surface area contributed by atoms with Crippen molar-refractivity contribution >= 4 is 17.3 Å². The van der Waals surface area contributed by atoms with Gasteiger partial charge in [-0.1, -0.05) is 11.6 Å². The van der Waals surface area contributed by atoms with E-state index in [0.29, 0.717) is 10.8 Å². The molecule has 0 aliphatic rings. The van der Waals surface area contributed by atoms with E-state index in [1.807, 2.05) is 13.0 Å². The van der Waals surface area contributed by atoms with E-state index in [9.17, 15) is 0 Å². The summed E-state index contributed by atoms with van der Waals surface area (Å²) in [5, 5.41) is 0.396. The minimum Gasteiger partial charge on any atom is -0.321 e. The van der Waals surface area contributed by atoms with Crippen LogP contribution < -0.4 is 11.3 Å². The molecule has 0 saturated heterocycles. The summed E-state index contributed by atoms with van der Waals surface area (Å²) in [6, 6.07) is 1.83. The highest BCUT2D eigenvalue weighted by molar-refractivity contribution is 6.31. The Bertz CT molecular complexity index is 236. The van der Waals surface area contributed by atoms with Gasteiger partial charge < -0.3 is 5.43 Å². The van der Waals surface area contributed by atoms with Gasteiger partial charge in [-0.3, -0.25) is 5.84 Å². The molecular weight excluding hydrogens is 150 g/mol. The van der Waals surface area contributed by atoms with Gasteiger partial charge in [-0.25, -0.2) is 4.98 Å². The third kappa shape index (κ3) is 1.37. The maximum absolute atomic E-state index is 5.64. The molecule has 10 heavy (non-hydrogen) atoms. The van der Waals surface area contributed by atoms with Gasteiger partial charge in [0.05, 0.1) is 5.69 Å². The smallest absolute Gasteiger partial charge is 0.153 e. The number of hydrogen-bond acceptors (Lipinski definition) is 3. The number of hydrogen-bond donors (Lipinski definition) is 2. The molecule has 0 fully saturated rings. The molecule has 1 aromatic rings. The van der Waals surface area contributed by atoms with Crippen molar-refractivity contribution in [3.63, 3.8) is 0 Å². The zero-order valence-electron chi connectivity index (χ0n) is 5.56. The van der Waals surface area contributed by atoms with Crippen molar-refractivity contribution in [2.24, 2.45) is 5.84 Å². The number of pyridine rings is 1. The van der Waals surface area contributed by atoms with E-state index in [1.54, 1.807) is 6.20 Å². The monoisotopic (exact) mass is 157 g/mol. The Labute approximate surface area is 64.2 Å². The minimum atomic E-state index is 0.396. The minimum absolute atomic E-state index is 0.396. The predicted octanol–water partition coefficient (Wildman–Crippen LogP) is 1.33. The van der Waals surface area contributed by atoms with Crippen LogP contribution in [0.3, 0.4) is 0 Å². The molecule has 0 saturated carbocycles. The average molecular weight is 158 g/mol. The van der Waals surface area contributed by atoms with Gasteiger partial charge in [0, 0.05) is 6.20 Å². The standard InChI is InChI=1S/C6H8ClN3/c1-4-2-5(10-8)6(7)9-3-4/h2-3,10H,8H2,1H3. The van der Waals surface area contributed by atoms with Crippen molar-refractivity contribution in [1.82, 2.24) is 4.98 Å². The quantitative estimate of drug-likeness (QED) is 0.367. The van der Waals surface area contributed by atoms with Crippen LogP contribution in [0, 0.1) is 6.92 Å². The third-order valence-corrected chi connectivity index (χ3v) is 1.43. The second-order valence-electron chi connectivity index (χ2n) is 2.00. The van der Waals surface area contributed by atoms with Crippen LogP contribution in [0.5, 0.6) is 0 Å². The van der Waals surface area contributed by atoms with Crippen molar-refractivity contribution < 1.29 is 0 Å². The maximum atomic E-state index is 5.64. The second kappa shape index (κ2) is 2.86. The zero-order valence-corrected chi connectivity index (χ0v) is 6.31. The van der Waals surface area contributed by atoms with E-state index in [4.69, 9.17) is 17.4 Å². The van der Waals surface area contributed by atoms with Crippen LogP contribution >= 0.6 is 11.6 Å². The Balaban J connectivity index is 3.09. The molecule has 0 aliphatic carbocycles. The van der Waals surface area contributed by atoms with Crippen molar-refractivity contribution in [1.29, 1.82) is 0 Å². The lowest BCUT2D eigenvalue weighted by molar-refractivity contribution is 1.23. The molecule has 1 aromatic heterocycles. The number of aromatic nitrogens is 1. The summed E-state index contributed by atoms with van der Waals surface area (Å²) in [5.41, 5.74) is 4.12. The molecule has 1 heterocycles. The number of rotatable bonds is 1. The zero-order chi connectivity index (χ0) is 7.56. The molecular formula is C6H8ClN3. The van der Waals surface area contributed by atoms with Gasteiger partial charge in [0.2, 0.25) is 0 Å². The molecule has 0 bridgehead atoms. The summed E-state index contributed by atoms with van der Waals surface area (Å²) < 4.78 is 0. The Morgan fingerprint density at radius 2 is 2.40 bits per heavy atom. The SMILES string of the molecule is Cc1cnc(Cl)c(NN)c1. The van der Waals surface area contributed by atoms with E-state index in [0.717, 1.165) is 5.56 Å². The first-order valence-corrected chi connectivity index (χ1v) is 3.20. The number of aryl methyl sites for hydroxylation is 1. The lowest BCUT2D eigenvalue weighted by Crippen LogP contribution is -2.07. The maximum Gasteiger partial charge on any atom is 0.153 e. The van der Waals surface area contributed by atoms with Gasteiger partial charge in [-0.2, -0.15) is 0 Å². The van der Waals surface area contributed by atoms with Crippen LogP contribution in [-0.4, -0.2) is 4.98 Å². The highest BCUT2D eigenvalue weighted by Crippen LogP contribution is 2.17. The van der Waals surface area contributed by atoms with E-state index in [1.165, 1.54) is 0 Å². The lowest BCUT2D eigenvalue weighted by atomic mass is 10.3. The number of nitrogens with one attached hydrogen (secondary N) is 1. The second-order valence-corrected chi connectivity index (χ2v) is 2.35. The molecule has 3 N–H and O–H groups in total. The molecule has 0 radical (unpaired) electrons. The highest BCUT2D eigenvalue weighted by atomic mass is 35.5. The van der Waals surface area contributed by atoms with E-state index >= 15 is 0 Å². The Morgan fingerprint density at radius 3 is 2.90 bits per heavy atom. The Morgan fingerprint density at radius 1 is 1.70 bits per heavy atom. The molecule has 0 aliphatic heterocycles. The third-order valence-electron chi connectivity index (χ3n) is 1.13. The van der Waals surface area contributed by atoms with Crippen LogP contribution in [0.1, 0.15) is 5.56 Å². The molecule has 0 atom stereocenters. The van der Waals surface area contributed by atoms with Crippen LogP contribution in [0.25, 0.3) is 0 Å². The first-order chi connectivity index (χ1) is 4.74. The van der Waals surface area contributed by atoms with Crippen molar-refractivity contribution in [3.8, 4) is 0 Å². The van der Waals surface area contributed by atoms with Crippen molar-refractivity contribution in [2.75, 3.05) is 5.43 Å². The number of hydrazine groups is 1. The van der Waals surface area contributed by atoms with Gasteiger partial charge in [-0.15, -0.1) is 0 Å². The molecule has 0 unspecified atom stereocenters. The number of nitrogens with zero attached hydrogens (tertiary/aromatic N) is 1. The molecule has 0 aromatic carbocycles. The molecule has 0 amide bonds. The number of nitrogen functional groups attached to an aromatic ring is 1. The summed E-state index contributed by atoms with van der Waals surface area (Å²) in [7, 11) is 0. The Hall–Kier alpha value is -0.800. The average Bonchev–Trinajstić information content (AvgIpc) is 1.94. The summed E-state index contributed by atoms with van der Waals surface area (Å²) in [4.78, 5) is 3.87. The summed E-state index contributed by atoms with van der Waals surface area (Å²) in [6.45, 7) is 1.92. The van der Waals surface area contributed by atoms with Gasteiger partial charge in [0.25, 0.3) is 0 Å². The van der Waals surface area contributed by atoms with Gasteiger partial charge >= 0.3 is 0 Å². The van der Waals surface area contributed by atoms with Gasteiger partial charge in [0.1, 0.15) is 0 Å². The normalized spacial score (nSPS) is 9.50. The highest BCUT2D eigenvalue weighted by Gasteiger charge is 1.97. The largest absolute Gasteiger partial charge is 0.321 e. The van der Waals surface area contributed by atoms with Gasteiger partial charge in [-0.05, 0) is 18.6 Å². The number of nitrogens with two attached hydrogens (primary N) is 1. The van der Waals surface area contributed by atoms with Crippen LogP contribution in [-0.2, 0) is 0 Å². The van der Waals surface area contributed by atoms with Crippen molar-refractivity contribution in [2.45, 2.75) is 6.92 Å². The van der Waals surface area contributed by atoms with Crippen LogP contribution in [0.2, 0.25) is 5.15 Å². The lowest BCUT2D eigenvalue weighted by Gasteiger charge is -2.01. The first kappa shape index (κ1) is 7.31. The molecule has 3 nitrogen and oxygen atoms in total. The predicted molar refractivity (Wildman–Crippen MR) is 41.8 cm³/mol. The van der Waals surface area contributed by atoms with E-state index in [-0.39, 0.29) is 0 Å². The fourth-order valence-corrected chi connectivity index (χ4v) is 0.812. The van der Waals surface area contributed by atoms with Gasteiger partial charge in [0.15, 0.2) is 5.15 Å². The molecule has 0 spiro atoms. The molecule has 4 heteroatoms. The molecule has 1 rings (SSSR count). The first-order valence-electron chi connectivity index (χ1n) is 2.83. The summed E-state index contributed by atoms with van der Waals surface area (Å²) in [6.07, 6.45) is 1.68. The van der Waals surface area contributed by atoms with E-state index in [2.05, 4.69) is 10.4 Å². The van der Waals surface area contributed by atoms with E-state index < -0.39 is 0 Å². The fraction of sp³-hybridized carbons (Fsp3) is 0.167. The fourth-order valence-electron chi connectivity index (χ4n) is 0.654.